The van der Waals surface area contributed by atoms with Gasteiger partial charge in [-0.25, -0.2) is 0 Å². The second kappa shape index (κ2) is 5.63. The van der Waals surface area contributed by atoms with Gasteiger partial charge in [-0.1, -0.05) is 38.4 Å². The summed E-state index contributed by atoms with van der Waals surface area (Å²) in [6, 6.07) is 0.563. The zero-order chi connectivity index (χ0) is 13.1. The SMILES string of the molecule is C\C=C/C(Cl)=C(\C=C(/N)NC1CC1)C(C)(C)C. The van der Waals surface area contributed by atoms with E-state index in [9.17, 15) is 0 Å². The van der Waals surface area contributed by atoms with Crippen molar-refractivity contribution in [3.05, 3.63) is 34.7 Å². The van der Waals surface area contributed by atoms with Gasteiger partial charge in [-0.2, -0.15) is 0 Å². The average Bonchev–Trinajstić information content (AvgIpc) is 2.96. The first-order chi connectivity index (χ1) is 7.84. The summed E-state index contributed by atoms with van der Waals surface area (Å²) >= 11 is 6.29. The molecule has 2 nitrogen and oxygen atoms in total. The van der Waals surface area contributed by atoms with Gasteiger partial charge in [0.05, 0.1) is 5.82 Å². The molecular formula is C14H23ClN2. The molecule has 96 valence electrons. The second-order valence-electron chi connectivity index (χ2n) is 5.53. The summed E-state index contributed by atoms with van der Waals surface area (Å²) in [7, 11) is 0. The zero-order valence-electron chi connectivity index (χ0n) is 11.2. The normalized spacial score (nSPS) is 19.5. The van der Waals surface area contributed by atoms with Gasteiger partial charge in [0.25, 0.3) is 0 Å². The molecule has 3 N–H and O–H groups in total. The topological polar surface area (TPSA) is 38.0 Å². The number of halogens is 1. The van der Waals surface area contributed by atoms with Crippen LogP contribution in [0, 0.1) is 5.41 Å². The molecule has 1 fully saturated rings. The van der Waals surface area contributed by atoms with Gasteiger partial charge < -0.3 is 11.1 Å². The lowest BCUT2D eigenvalue weighted by Crippen LogP contribution is -2.23. The highest BCUT2D eigenvalue weighted by molar-refractivity contribution is 6.31. The first-order valence-electron chi connectivity index (χ1n) is 6.11. The van der Waals surface area contributed by atoms with Crippen molar-refractivity contribution < 1.29 is 0 Å². The van der Waals surface area contributed by atoms with E-state index in [-0.39, 0.29) is 5.41 Å². The molecule has 0 unspecified atom stereocenters. The van der Waals surface area contributed by atoms with Crippen molar-refractivity contribution >= 4 is 11.6 Å². The van der Waals surface area contributed by atoms with E-state index in [0.717, 1.165) is 10.6 Å². The van der Waals surface area contributed by atoms with Crippen LogP contribution in [0.25, 0.3) is 0 Å². The highest BCUT2D eigenvalue weighted by Gasteiger charge is 2.22. The lowest BCUT2D eigenvalue weighted by atomic mass is 9.85. The van der Waals surface area contributed by atoms with Crippen LogP contribution in [-0.2, 0) is 0 Å². The molecule has 0 aromatic rings. The van der Waals surface area contributed by atoms with Crippen LogP contribution in [0.2, 0.25) is 0 Å². The molecule has 0 radical (unpaired) electrons. The van der Waals surface area contributed by atoms with Gasteiger partial charge in [0.2, 0.25) is 0 Å². The minimum absolute atomic E-state index is 0.0214. The van der Waals surface area contributed by atoms with Gasteiger partial charge >= 0.3 is 0 Å². The molecule has 0 saturated heterocycles. The maximum Gasteiger partial charge on any atom is 0.0965 e. The van der Waals surface area contributed by atoms with Crippen LogP contribution < -0.4 is 11.1 Å². The van der Waals surface area contributed by atoms with Gasteiger partial charge in [0, 0.05) is 11.1 Å². The van der Waals surface area contributed by atoms with Crippen LogP contribution in [0.15, 0.2) is 34.7 Å². The fourth-order valence-electron chi connectivity index (χ4n) is 1.54. The summed E-state index contributed by atoms with van der Waals surface area (Å²) < 4.78 is 0. The molecule has 0 heterocycles. The minimum Gasteiger partial charge on any atom is -0.386 e. The Labute approximate surface area is 110 Å². The third kappa shape index (κ3) is 4.86. The van der Waals surface area contributed by atoms with E-state index in [1.807, 2.05) is 25.2 Å². The van der Waals surface area contributed by atoms with Crippen LogP contribution >= 0.6 is 11.6 Å². The average molecular weight is 255 g/mol. The molecular weight excluding hydrogens is 232 g/mol. The monoisotopic (exact) mass is 254 g/mol. The van der Waals surface area contributed by atoms with E-state index in [1.165, 1.54) is 12.8 Å². The third-order valence-corrected chi connectivity index (χ3v) is 2.96. The Balaban J connectivity index is 2.94. The van der Waals surface area contributed by atoms with Crippen molar-refractivity contribution in [1.29, 1.82) is 0 Å². The quantitative estimate of drug-likeness (QED) is 0.752. The van der Waals surface area contributed by atoms with Gasteiger partial charge in [0.1, 0.15) is 0 Å². The maximum atomic E-state index is 6.29. The van der Waals surface area contributed by atoms with Crippen LogP contribution in [0.5, 0.6) is 0 Å². The van der Waals surface area contributed by atoms with Crippen LogP contribution in [0.3, 0.4) is 0 Å². The molecule has 0 atom stereocenters. The molecule has 0 spiro atoms. The molecule has 0 aromatic heterocycles. The molecule has 0 aliphatic heterocycles. The fraction of sp³-hybridized carbons (Fsp3) is 0.571. The van der Waals surface area contributed by atoms with E-state index in [0.29, 0.717) is 11.9 Å². The molecule has 1 aliphatic rings. The van der Waals surface area contributed by atoms with Crippen LogP contribution in [-0.4, -0.2) is 6.04 Å². The summed E-state index contributed by atoms with van der Waals surface area (Å²) in [6.45, 7) is 8.36. The molecule has 0 aromatic carbocycles. The van der Waals surface area contributed by atoms with E-state index in [1.54, 1.807) is 0 Å². The molecule has 17 heavy (non-hydrogen) atoms. The van der Waals surface area contributed by atoms with Crippen LogP contribution in [0.4, 0.5) is 0 Å². The van der Waals surface area contributed by atoms with Crippen molar-refractivity contribution in [3.8, 4) is 0 Å². The number of rotatable bonds is 4. The third-order valence-electron chi connectivity index (χ3n) is 2.63. The Kier molecular flexibility index (Phi) is 4.70. The van der Waals surface area contributed by atoms with Gasteiger partial charge in [-0.15, -0.1) is 0 Å². The lowest BCUT2D eigenvalue weighted by Gasteiger charge is -2.22. The molecule has 0 bridgehead atoms. The Hall–Kier alpha value is -0.890. The van der Waals surface area contributed by atoms with Crippen molar-refractivity contribution in [2.75, 3.05) is 0 Å². The number of hydrogen-bond acceptors (Lipinski definition) is 2. The van der Waals surface area contributed by atoms with E-state index >= 15 is 0 Å². The van der Waals surface area contributed by atoms with Crippen LogP contribution in [0.1, 0.15) is 40.5 Å². The fourth-order valence-corrected chi connectivity index (χ4v) is 2.00. The number of nitrogens with one attached hydrogen (secondary N) is 1. The Morgan fingerprint density at radius 2 is 1.94 bits per heavy atom. The molecule has 1 saturated carbocycles. The van der Waals surface area contributed by atoms with Gasteiger partial charge in [-0.05, 0) is 42.9 Å². The first-order valence-corrected chi connectivity index (χ1v) is 6.49. The predicted octanol–water partition coefficient (Wildman–Crippen LogP) is 3.65. The first kappa shape index (κ1) is 14.2. The summed E-state index contributed by atoms with van der Waals surface area (Å²) in [5.74, 6) is 0.708. The highest BCUT2D eigenvalue weighted by atomic mass is 35.5. The predicted molar refractivity (Wildman–Crippen MR) is 75.6 cm³/mol. The van der Waals surface area contributed by atoms with E-state index in [4.69, 9.17) is 17.3 Å². The number of allylic oxidation sites excluding steroid dienone is 5. The smallest absolute Gasteiger partial charge is 0.0965 e. The summed E-state index contributed by atoms with van der Waals surface area (Å²) in [6.07, 6.45) is 8.23. The zero-order valence-corrected chi connectivity index (χ0v) is 11.9. The Bertz CT molecular complexity index is 355. The summed E-state index contributed by atoms with van der Waals surface area (Å²) in [4.78, 5) is 0. The van der Waals surface area contributed by atoms with Gasteiger partial charge in [-0.3, -0.25) is 0 Å². The molecule has 1 aliphatic carbocycles. The van der Waals surface area contributed by atoms with Crippen molar-refractivity contribution in [3.63, 3.8) is 0 Å². The second-order valence-corrected chi connectivity index (χ2v) is 5.94. The van der Waals surface area contributed by atoms with Gasteiger partial charge in [0.15, 0.2) is 0 Å². The Morgan fingerprint density at radius 3 is 2.35 bits per heavy atom. The molecule has 3 heteroatoms. The van der Waals surface area contributed by atoms with E-state index < -0.39 is 0 Å². The minimum atomic E-state index is -0.0214. The highest BCUT2D eigenvalue weighted by Crippen LogP contribution is 2.32. The van der Waals surface area contributed by atoms with Crippen molar-refractivity contribution in [2.45, 2.75) is 46.6 Å². The van der Waals surface area contributed by atoms with Crippen molar-refractivity contribution in [1.82, 2.24) is 5.32 Å². The maximum absolute atomic E-state index is 6.29. The molecule has 1 rings (SSSR count). The standard InChI is InChI=1S/C14H23ClN2/c1-5-6-12(15)11(14(2,3)4)9-13(16)17-10-7-8-10/h5-6,9-10,17H,7-8,16H2,1-4H3/b6-5-,12-11-,13-9+. The summed E-state index contributed by atoms with van der Waals surface area (Å²) in [5, 5.41) is 4.03. The largest absolute Gasteiger partial charge is 0.386 e. The summed E-state index contributed by atoms with van der Waals surface area (Å²) in [5.41, 5.74) is 7.02. The number of hydrogen-bond donors (Lipinski definition) is 2. The molecule has 0 amide bonds. The van der Waals surface area contributed by atoms with E-state index in [2.05, 4.69) is 26.1 Å². The Morgan fingerprint density at radius 1 is 1.35 bits per heavy atom. The lowest BCUT2D eigenvalue weighted by molar-refractivity contribution is 0.514. The number of nitrogens with two attached hydrogens (primary N) is 1. The van der Waals surface area contributed by atoms with Crippen molar-refractivity contribution in [2.24, 2.45) is 11.1 Å².